The molecule has 1 aromatic heterocycles. The van der Waals surface area contributed by atoms with Crippen LogP contribution in [0.4, 0.5) is 5.69 Å². The monoisotopic (exact) mass is 163 g/mol. The van der Waals surface area contributed by atoms with Gasteiger partial charge in [0, 0.05) is 6.07 Å². The van der Waals surface area contributed by atoms with Crippen molar-refractivity contribution in [1.29, 1.82) is 5.26 Å². The topological polar surface area (TPSA) is 57.9 Å². The van der Waals surface area contributed by atoms with Crippen molar-refractivity contribution in [2.75, 3.05) is 19.0 Å². The summed E-state index contributed by atoms with van der Waals surface area (Å²) in [5, 5.41) is 11.1. The fraction of sp³-hybridized carbons (Fsp3) is 0.250. The van der Waals surface area contributed by atoms with Crippen molar-refractivity contribution in [3.8, 4) is 11.9 Å². The normalized spacial score (nSPS) is 8.67. The average molecular weight is 163 g/mol. The van der Waals surface area contributed by atoms with Gasteiger partial charge in [0.25, 0.3) is 0 Å². The molecule has 0 saturated carbocycles. The van der Waals surface area contributed by atoms with Gasteiger partial charge in [0.2, 0.25) is 5.88 Å². The number of aromatic nitrogens is 1. The number of hydrogen-bond acceptors (Lipinski definition) is 4. The summed E-state index contributed by atoms with van der Waals surface area (Å²) in [5.74, 6) is 0.567. The second kappa shape index (κ2) is 4.19. The molecule has 0 radical (unpaired) electrons. The predicted octanol–water partition coefficient (Wildman–Crippen LogP) is 1.03. The second-order valence-corrected chi connectivity index (χ2v) is 2.10. The number of rotatable bonds is 3. The summed E-state index contributed by atoms with van der Waals surface area (Å²) in [7, 11) is 1.56. The Hall–Kier alpha value is -1.76. The fourth-order valence-corrected chi connectivity index (χ4v) is 0.747. The zero-order valence-electron chi connectivity index (χ0n) is 6.74. The van der Waals surface area contributed by atoms with Gasteiger partial charge in [0.05, 0.1) is 25.1 Å². The number of ether oxygens (including phenoxy) is 1. The Bertz CT molecular complexity index is 275. The van der Waals surface area contributed by atoms with Crippen molar-refractivity contribution in [2.24, 2.45) is 0 Å². The van der Waals surface area contributed by atoms with Gasteiger partial charge < -0.3 is 10.1 Å². The van der Waals surface area contributed by atoms with Crippen LogP contribution in [0.2, 0.25) is 0 Å². The van der Waals surface area contributed by atoms with Crippen molar-refractivity contribution >= 4 is 5.69 Å². The summed E-state index contributed by atoms with van der Waals surface area (Å²) >= 11 is 0. The maximum absolute atomic E-state index is 8.27. The molecule has 0 bridgehead atoms. The second-order valence-electron chi connectivity index (χ2n) is 2.10. The number of anilines is 1. The molecule has 1 rings (SSSR count). The van der Waals surface area contributed by atoms with Crippen molar-refractivity contribution < 1.29 is 4.74 Å². The van der Waals surface area contributed by atoms with E-state index < -0.39 is 0 Å². The van der Waals surface area contributed by atoms with E-state index in [1.54, 1.807) is 19.4 Å². The molecule has 1 heterocycles. The van der Waals surface area contributed by atoms with Gasteiger partial charge in [-0.1, -0.05) is 0 Å². The highest BCUT2D eigenvalue weighted by Gasteiger charge is 1.92. The van der Waals surface area contributed by atoms with Gasteiger partial charge in [-0.05, 0) is 6.07 Å². The minimum absolute atomic E-state index is 0.286. The Morgan fingerprint density at radius 1 is 1.67 bits per heavy atom. The lowest BCUT2D eigenvalue weighted by molar-refractivity contribution is 0.398. The number of methoxy groups -OCH3 is 1. The smallest absolute Gasteiger partial charge is 0.213 e. The number of nitriles is 1. The fourth-order valence-electron chi connectivity index (χ4n) is 0.747. The number of pyridine rings is 1. The van der Waals surface area contributed by atoms with Crippen molar-refractivity contribution in [3.63, 3.8) is 0 Å². The summed E-state index contributed by atoms with van der Waals surface area (Å²) in [4.78, 5) is 3.96. The van der Waals surface area contributed by atoms with Crippen molar-refractivity contribution in [2.45, 2.75) is 0 Å². The van der Waals surface area contributed by atoms with Gasteiger partial charge in [0.15, 0.2) is 0 Å². The van der Waals surface area contributed by atoms with Gasteiger partial charge >= 0.3 is 0 Å². The van der Waals surface area contributed by atoms with Gasteiger partial charge in [-0.25, -0.2) is 4.98 Å². The number of nitrogens with zero attached hydrogens (tertiary/aromatic N) is 2. The minimum atomic E-state index is 0.286. The Morgan fingerprint density at radius 2 is 2.50 bits per heavy atom. The van der Waals surface area contributed by atoms with E-state index in [0.717, 1.165) is 5.69 Å². The third-order valence-corrected chi connectivity index (χ3v) is 1.32. The lowest BCUT2D eigenvalue weighted by atomic mass is 10.4. The van der Waals surface area contributed by atoms with E-state index in [4.69, 9.17) is 10.00 Å². The molecular formula is C8H9N3O. The van der Waals surface area contributed by atoms with Crippen LogP contribution in [-0.4, -0.2) is 18.6 Å². The highest BCUT2D eigenvalue weighted by molar-refractivity contribution is 5.42. The largest absolute Gasteiger partial charge is 0.481 e. The molecule has 12 heavy (non-hydrogen) atoms. The quantitative estimate of drug-likeness (QED) is 0.676. The van der Waals surface area contributed by atoms with Crippen LogP contribution in [0.1, 0.15) is 0 Å². The first-order valence-electron chi connectivity index (χ1n) is 3.47. The van der Waals surface area contributed by atoms with Crippen molar-refractivity contribution in [1.82, 2.24) is 4.98 Å². The maximum atomic E-state index is 8.27. The van der Waals surface area contributed by atoms with Crippen molar-refractivity contribution in [3.05, 3.63) is 18.3 Å². The Kier molecular flexibility index (Phi) is 2.91. The summed E-state index contributed by atoms with van der Waals surface area (Å²) in [6, 6.07) is 5.52. The molecule has 0 spiro atoms. The summed E-state index contributed by atoms with van der Waals surface area (Å²) in [5.41, 5.74) is 0.817. The van der Waals surface area contributed by atoms with Crippen LogP contribution >= 0.6 is 0 Å². The lowest BCUT2D eigenvalue weighted by Crippen LogP contribution is -1.98. The Labute approximate surface area is 70.8 Å². The van der Waals surface area contributed by atoms with E-state index in [0.29, 0.717) is 5.88 Å². The third-order valence-electron chi connectivity index (χ3n) is 1.32. The standard InChI is InChI=1S/C8H9N3O/c1-12-8-3-2-7(6-11-8)10-5-4-9/h2-3,6,10H,5H2,1H3. The van der Waals surface area contributed by atoms with Crippen LogP contribution in [0, 0.1) is 11.3 Å². The molecular weight excluding hydrogens is 154 g/mol. The van der Waals surface area contributed by atoms with Crippen LogP contribution in [0.3, 0.4) is 0 Å². The van der Waals surface area contributed by atoms with Gasteiger partial charge in [-0.2, -0.15) is 5.26 Å². The summed E-state index contributed by atoms with van der Waals surface area (Å²) < 4.78 is 4.87. The van der Waals surface area contributed by atoms with Gasteiger partial charge in [0.1, 0.15) is 6.54 Å². The van der Waals surface area contributed by atoms with E-state index in [1.165, 1.54) is 0 Å². The van der Waals surface area contributed by atoms with E-state index in [-0.39, 0.29) is 6.54 Å². The van der Waals surface area contributed by atoms with Gasteiger partial charge in [-0.15, -0.1) is 0 Å². The van der Waals surface area contributed by atoms with Gasteiger partial charge in [-0.3, -0.25) is 0 Å². The zero-order chi connectivity index (χ0) is 8.81. The first-order valence-corrected chi connectivity index (χ1v) is 3.47. The molecule has 1 N–H and O–H groups in total. The van der Waals surface area contributed by atoms with Crippen LogP contribution in [0.15, 0.2) is 18.3 Å². The minimum Gasteiger partial charge on any atom is -0.481 e. The van der Waals surface area contributed by atoms with E-state index in [9.17, 15) is 0 Å². The molecule has 0 aliphatic heterocycles. The molecule has 0 unspecified atom stereocenters. The molecule has 4 nitrogen and oxygen atoms in total. The zero-order valence-corrected chi connectivity index (χ0v) is 6.74. The highest BCUT2D eigenvalue weighted by atomic mass is 16.5. The first kappa shape index (κ1) is 8.34. The molecule has 4 heteroatoms. The predicted molar refractivity (Wildman–Crippen MR) is 44.9 cm³/mol. The lowest BCUT2D eigenvalue weighted by Gasteiger charge is -2.01. The molecule has 0 fully saturated rings. The van der Waals surface area contributed by atoms with Crippen LogP contribution in [0.25, 0.3) is 0 Å². The van der Waals surface area contributed by atoms with Crippen LogP contribution < -0.4 is 10.1 Å². The average Bonchev–Trinajstić information content (AvgIpc) is 2.15. The molecule has 0 aromatic carbocycles. The Balaban J connectivity index is 2.60. The molecule has 0 aliphatic rings. The maximum Gasteiger partial charge on any atom is 0.213 e. The first-order chi connectivity index (χ1) is 5.86. The molecule has 0 atom stereocenters. The molecule has 0 aliphatic carbocycles. The molecule has 1 aromatic rings. The molecule has 62 valence electrons. The van der Waals surface area contributed by atoms with E-state index >= 15 is 0 Å². The van der Waals surface area contributed by atoms with Crippen LogP contribution in [0.5, 0.6) is 5.88 Å². The summed E-state index contributed by atoms with van der Waals surface area (Å²) in [6.07, 6.45) is 1.62. The SMILES string of the molecule is COc1ccc(NCC#N)cn1. The molecule has 0 amide bonds. The third kappa shape index (κ3) is 2.13. The Morgan fingerprint density at radius 3 is 3.00 bits per heavy atom. The number of nitrogens with one attached hydrogen (secondary N) is 1. The summed E-state index contributed by atoms with van der Waals surface area (Å²) in [6.45, 7) is 0.286. The van der Waals surface area contributed by atoms with E-state index in [2.05, 4.69) is 10.3 Å². The molecule has 0 saturated heterocycles. The van der Waals surface area contributed by atoms with E-state index in [1.807, 2.05) is 12.1 Å². The van der Waals surface area contributed by atoms with Crippen LogP contribution in [-0.2, 0) is 0 Å². The highest BCUT2D eigenvalue weighted by Crippen LogP contribution is 2.09. The number of hydrogen-bond donors (Lipinski definition) is 1.